The van der Waals surface area contributed by atoms with Crippen molar-refractivity contribution in [2.75, 3.05) is 37.1 Å². The van der Waals surface area contributed by atoms with E-state index in [4.69, 9.17) is 19.4 Å². The largest absolute Gasteiger partial charge is 0.486 e. The Labute approximate surface area is 199 Å². The van der Waals surface area contributed by atoms with Gasteiger partial charge in [-0.2, -0.15) is 4.98 Å². The maximum Gasteiger partial charge on any atom is 0.355 e. The summed E-state index contributed by atoms with van der Waals surface area (Å²) in [5.74, 6) is 0.970. The van der Waals surface area contributed by atoms with Crippen molar-refractivity contribution in [1.82, 2.24) is 34.5 Å². The number of carboxylic acids is 1. The second-order valence-electron chi connectivity index (χ2n) is 8.47. The molecule has 35 heavy (non-hydrogen) atoms. The van der Waals surface area contributed by atoms with Crippen LogP contribution in [0.2, 0.25) is 0 Å². The summed E-state index contributed by atoms with van der Waals surface area (Å²) in [6.07, 6.45) is 1.21. The zero-order chi connectivity index (χ0) is 24.1. The van der Waals surface area contributed by atoms with Gasteiger partial charge in [0.25, 0.3) is 0 Å². The van der Waals surface area contributed by atoms with Crippen LogP contribution in [0.3, 0.4) is 0 Å². The van der Waals surface area contributed by atoms with E-state index in [1.165, 1.54) is 10.9 Å². The highest BCUT2D eigenvalue weighted by molar-refractivity contribution is 5.85. The van der Waals surface area contributed by atoms with Crippen molar-refractivity contribution in [2.24, 2.45) is 0 Å². The number of aromatic nitrogens is 7. The average molecular weight is 477 g/mol. The minimum atomic E-state index is -1.13. The number of nitrogens with zero attached hydrogens (tertiary/aromatic N) is 8. The molecule has 0 spiro atoms. The summed E-state index contributed by atoms with van der Waals surface area (Å²) in [5.41, 5.74) is 2.07. The van der Waals surface area contributed by atoms with E-state index < -0.39 is 5.97 Å². The van der Waals surface area contributed by atoms with Crippen LogP contribution in [0.5, 0.6) is 5.75 Å². The summed E-state index contributed by atoms with van der Waals surface area (Å²) in [7, 11) is 1.79. The molecule has 2 aliphatic rings. The molecular weight excluding hydrogens is 454 g/mol. The predicted octanol–water partition coefficient (Wildman–Crippen LogP) is 1.18. The van der Waals surface area contributed by atoms with Crippen molar-refractivity contribution < 1.29 is 19.4 Å². The molecule has 1 aromatic carbocycles. The predicted molar refractivity (Wildman–Crippen MR) is 124 cm³/mol. The van der Waals surface area contributed by atoms with Crippen molar-refractivity contribution in [3.63, 3.8) is 0 Å². The second-order valence-corrected chi connectivity index (χ2v) is 8.47. The Morgan fingerprint density at radius 1 is 1.20 bits per heavy atom. The number of nitrogens with one attached hydrogen (secondary N) is 1. The Hall–Kier alpha value is -4.26. The molecule has 4 aromatic rings. The molecule has 2 aliphatic heterocycles. The maximum atomic E-state index is 11.7. The van der Waals surface area contributed by atoms with Gasteiger partial charge in [0, 0.05) is 7.05 Å². The van der Waals surface area contributed by atoms with Crippen LogP contribution in [-0.4, -0.2) is 84.5 Å². The van der Waals surface area contributed by atoms with Crippen LogP contribution in [0.4, 0.5) is 11.8 Å². The highest BCUT2D eigenvalue weighted by Gasteiger charge is 2.38. The Morgan fingerprint density at radius 2 is 2.06 bits per heavy atom. The minimum absolute atomic E-state index is 0.00565. The van der Waals surface area contributed by atoms with Crippen LogP contribution in [0, 0.1) is 0 Å². The molecule has 6 rings (SSSR count). The Kier molecular flexibility index (Phi) is 4.99. The number of fused-ring (bicyclic) bond motifs is 4. The van der Waals surface area contributed by atoms with E-state index in [2.05, 4.69) is 32.4 Å². The van der Waals surface area contributed by atoms with Gasteiger partial charge in [-0.25, -0.2) is 24.0 Å². The van der Waals surface area contributed by atoms with E-state index in [1.54, 1.807) is 7.05 Å². The lowest BCUT2D eigenvalue weighted by molar-refractivity contribution is 0.0483. The van der Waals surface area contributed by atoms with Crippen LogP contribution in [0.1, 0.15) is 23.1 Å². The lowest BCUT2D eigenvalue weighted by Crippen LogP contribution is -2.56. The molecule has 1 saturated heterocycles. The van der Waals surface area contributed by atoms with E-state index in [-0.39, 0.29) is 24.3 Å². The number of carbonyl (C=O) groups is 1. The van der Waals surface area contributed by atoms with Gasteiger partial charge in [-0.15, -0.1) is 5.10 Å². The second kappa shape index (κ2) is 8.20. The fourth-order valence-electron chi connectivity index (χ4n) is 4.66. The summed E-state index contributed by atoms with van der Waals surface area (Å²) in [4.78, 5) is 28.3. The number of morpholine rings is 1. The van der Waals surface area contributed by atoms with Gasteiger partial charge in [0.2, 0.25) is 11.9 Å². The van der Waals surface area contributed by atoms with E-state index in [0.717, 1.165) is 11.0 Å². The first-order valence-corrected chi connectivity index (χ1v) is 11.2. The van der Waals surface area contributed by atoms with Gasteiger partial charge in [0.05, 0.1) is 49.1 Å². The van der Waals surface area contributed by atoms with Gasteiger partial charge < -0.3 is 24.8 Å². The van der Waals surface area contributed by atoms with E-state index >= 15 is 0 Å². The number of carboxylic acid groups (broad SMARTS) is 1. The molecule has 0 radical (unpaired) electrons. The van der Waals surface area contributed by atoms with Crippen molar-refractivity contribution in [3.05, 3.63) is 41.9 Å². The molecule has 0 amide bonds. The number of ether oxygens (including phenoxy) is 2. The van der Waals surface area contributed by atoms with Gasteiger partial charge >= 0.3 is 5.97 Å². The zero-order valence-electron chi connectivity index (χ0n) is 19.1. The number of para-hydroxylation sites is 2. The number of benzene rings is 1. The van der Waals surface area contributed by atoms with Gasteiger partial charge in [-0.3, -0.25) is 0 Å². The van der Waals surface area contributed by atoms with Gasteiger partial charge in [-0.05, 0) is 19.1 Å². The van der Waals surface area contributed by atoms with Gasteiger partial charge in [0.15, 0.2) is 17.3 Å². The minimum Gasteiger partial charge on any atom is -0.486 e. The third-order valence-electron chi connectivity index (χ3n) is 6.23. The molecule has 0 aliphatic carbocycles. The topological polar surface area (TPSA) is 145 Å². The highest BCUT2D eigenvalue weighted by Crippen LogP contribution is 2.39. The Bertz CT molecular complexity index is 1430. The molecule has 2 atom stereocenters. The molecule has 5 heterocycles. The molecule has 1 fully saturated rings. The Balaban J connectivity index is 1.57. The number of anilines is 2. The lowest BCUT2D eigenvalue weighted by Gasteiger charge is -2.44. The molecule has 3 aromatic heterocycles. The first-order valence-electron chi connectivity index (χ1n) is 11.2. The summed E-state index contributed by atoms with van der Waals surface area (Å²) in [5, 5.41) is 20.4. The molecule has 0 unspecified atom stereocenters. The van der Waals surface area contributed by atoms with E-state index in [0.29, 0.717) is 49.0 Å². The molecule has 13 heteroatoms. The van der Waals surface area contributed by atoms with Crippen molar-refractivity contribution in [3.8, 4) is 11.7 Å². The zero-order valence-corrected chi connectivity index (χ0v) is 19.1. The van der Waals surface area contributed by atoms with E-state index in [1.807, 2.05) is 28.8 Å². The highest BCUT2D eigenvalue weighted by atomic mass is 16.5. The SMILES string of the molecule is CNc1nc2ccccc2n1-c1nc(Cn2nncc2C(=O)O)c2c(n1)N1[C@@H](COC[C@H]1C)CO2. The fourth-order valence-corrected chi connectivity index (χ4v) is 4.66. The van der Waals surface area contributed by atoms with Crippen molar-refractivity contribution >= 4 is 28.8 Å². The summed E-state index contributed by atoms with van der Waals surface area (Å²) in [6, 6.07) is 7.79. The number of aromatic carboxylic acids is 1. The fraction of sp³-hybridized carbons (Fsp3) is 0.364. The molecule has 0 saturated carbocycles. The molecule has 2 N–H and O–H groups in total. The summed E-state index contributed by atoms with van der Waals surface area (Å²) in [6.45, 7) is 3.62. The molecule has 0 bridgehead atoms. The van der Waals surface area contributed by atoms with Crippen LogP contribution in [-0.2, 0) is 11.3 Å². The summed E-state index contributed by atoms with van der Waals surface area (Å²) < 4.78 is 15.0. The quantitative estimate of drug-likeness (QED) is 0.427. The maximum absolute atomic E-state index is 11.7. The Morgan fingerprint density at radius 3 is 2.89 bits per heavy atom. The first kappa shape index (κ1) is 21.3. The lowest BCUT2D eigenvalue weighted by atomic mass is 10.1. The smallest absolute Gasteiger partial charge is 0.355 e. The van der Waals surface area contributed by atoms with Crippen molar-refractivity contribution in [2.45, 2.75) is 25.6 Å². The molecule has 13 nitrogen and oxygen atoms in total. The van der Waals surface area contributed by atoms with E-state index in [9.17, 15) is 9.90 Å². The van der Waals surface area contributed by atoms with Crippen LogP contribution < -0.4 is 15.0 Å². The third kappa shape index (κ3) is 3.43. The van der Waals surface area contributed by atoms with Crippen LogP contribution >= 0.6 is 0 Å². The number of hydrogen-bond donors (Lipinski definition) is 2. The number of hydrogen-bond acceptors (Lipinski definition) is 10. The summed E-state index contributed by atoms with van der Waals surface area (Å²) >= 11 is 0. The van der Waals surface area contributed by atoms with Gasteiger partial charge in [-0.1, -0.05) is 17.3 Å². The van der Waals surface area contributed by atoms with Crippen molar-refractivity contribution in [1.29, 1.82) is 0 Å². The van der Waals surface area contributed by atoms with Gasteiger partial charge in [0.1, 0.15) is 12.3 Å². The first-order chi connectivity index (χ1) is 17.0. The van der Waals surface area contributed by atoms with Crippen LogP contribution in [0.25, 0.3) is 17.0 Å². The molecule has 180 valence electrons. The number of rotatable bonds is 5. The standard InChI is InChI=1S/C22H23N9O4/c1-12-9-34-10-13-11-35-18-15(8-29-17(20(32)33)7-24-28-29)26-22(27-19(18)30(12)13)31-16-6-4-3-5-14(16)25-21(31)23-2/h3-7,12-13H,8-11H2,1-2H3,(H,23,25)(H,32,33)/t12-,13+/m1/s1. The number of imidazole rings is 1. The normalized spacial score (nSPS) is 19.2. The van der Waals surface area contributed by atoms with Crippen LogP contribution in [0.15, 0.2) is 30.5 Å². The monoisotopic (exact) mass is 477 g/mol. The average Bonchev–Trinajstić information content (AvgIpc) is 3.48. The third-order valence-corrected chi connectivity index (χ3v) is 6.23. The molecular formula is C22H23N9O4.